The van der Waals surface area contributed by atoms with E-state index in [4.69, 9.17) is 11.6 Å². The van der Waals surface area contributed by atoms with Crippen molar-refractivity contribution < 1.29 is 14.5 Å². The molecule has 1 saturated heterocycles. The molecule has 2 atom stereocenters. The van der Waals surface area contributed by atoms with Gasteiger partial charge in [0.2, 0.25) is 11.8 Å². The fourth-order valence-electron chi connectivity index (χ4n) is 5.71. The quantitative estimate of drug-likeness (QED) is 0.337. The topological polar surface area (TPSA) is 80.5 Å². The third-order valence-electron chi connectivity index (χ3n) is 6.83. The maximum atomic E-state index is 13.6. The lowest BCUT2D eigenvalue weighted by atomic mass is 9.55. The van der Waals surface area contributed by atoms with E-state index in [0.717, 1.165) is 22.3 Å². The highest BCUT2D eigenvalue weighted by Crippen LogP contribution is 2.61. The Balaban J connectivity index is 1.52. The van der Waals surface area contributed by atoms with Gasteiger partial charge in [-0.1, -0.05) is 60.1 Å². The molecule has 0 saturated carbocycles. The Kier molecular flexibility index (Phi) is 3.68. The number of nitrogens with zero attached hydrogens (tertiary/aromatic N) is 2. The van der Waals surface area contributed by atoms with Crippen LogP contribution in [0.5, 0.6) is 0 Å². The van der Waals surface area contributed by atoms with E-state index in [2.05, 4.69) is 0 Å². The molecule has 1 fully saturated rings. The maximum Gasteiger partial charge on any atom is 0.288 e. The zero-order chi connectivity index (χ0) is 21.4. The Hall–Kier alpha value is -3.51. The summed E-state index contributed by atoms with van der Waals surface area (Å²) in [6, 6.07) is 20.0. The van der Waals surface area contributed by atoms with Crippen LogP contribution in [0, 0.1) is 22.0 Å². The van der Waals surface area contributed by atoms with Gasteiger partial charge in [-0.05, 0) is 34.4 Å². The summed E-state index contributed by atoms with van der Waals surface area (Å²) in [7, 11) is 0. The highest BCUT2D eigenvalue weighted by Gasteiger charge is 2.61. The van der Waals surface area contributed by atoms with Gasteiger partial charge in [-0.3, -0.25) is 19.7 Å². The Morgan fingerprint density at radius 1 is 0.774 bits per heavy atom. The lowest BCUT2D eigenvalue weighted by molar-refractivity contribution is -0.384. The molecule has 3 aromatic rings. The number of hydrogen-bond acceptors (Lipinski definition) is 4. The number of nitro benzene ring substituents is 1. The molecule has 0 unspecified atom stereocenters. The minimum Gasteiger partial charge on any atom is -0.274 e. The molecule has 2 amide bonds. The van der Waals surface area contributed by atoms with Crippen LogP contribution >= 0.6 is 11.6 Å². The van der Waals surface area contributed by atoms with E-state index >= 15 is 0 Å². The van der Waals surface area contributed by atoms with Crippen molar-refractivity contribution in [1.82, 2.24) is 0 Å². The summed E-state index contributed by atoms with van der Waals surface area (Å²) in [6.45, 7) is 0. The van der Waals surface area contributed by atoms with Crippen molar-refractivity contribution in [1.29, 1.82) is 0 Å². The molecule has 0 radical (unpaired) electrons. The van der Waals surface area contributed by atoms with Crippen molar-refractivity contribution in [2.45, 2.75) is 11.8 Å². The van der Waals surface area contributed by atoms with Crippen molar-refractivity contribution in [3.8, 4) is 0 Å². The molecule has 152 valence electrons. The van der Waals surface area contributed by atoms with E-state index in [0.29, 0.717) is 0 Å². The van der Waals surface area contributed by atoms with Crippen molar-refractivity contribution in [2.75, 3.05) is 4.90 Å². The molecule has 3 aromatic carbocycles. The Labute approximate surface area is 182 Å². The summed E-state index contributed by atoms with van der Waals surface area (Å²) in [6.07, 6.45) is 0. The second kappa shape index (κ2) is 6.25. The van der Waals surface area contributed by atoms with Gasteiger partial charge in [0.15, 0.2) is 0 Å². The standard InChI is InChI=1S/C24H15ClN2O4/c25-17-11-12(9-10-18(17)27(30)31)26-23(28)21-19-13-5-1-2-6-14(13)20(22(21)24(26)29)16-8-4-3-7-15(16)19/h1-11,19-22H/t19?,20?,21-,22+. The van der Waals surface area contributed by atoms with Crippen LogP contribution in [-0.4, -0.2) is 16.7 Å². The first kappa shape index (κ1) is 18.3. The maximum absolute atomic E-state index is 13.6. The Morgan fingerprint density at radius 3 is 1.61 bits per heavy atom. The van der Waals surface area contributed by atoms with Gasteiger partial charge in [-0.2, -0.15) is 0 Å². The monoisotopic (exact) mass is 430 g/mol. The summed E-state index contributed by atoms with van der Waals surface area (Å²) in [5.74, 6) is -1.96. The molecule has 3 aliphatic carbocycles. The molecule has 1 heterocycles. The molecule has 1 aliphatic heterocycles. The summed E-state index contributed by atoms with van der Waals surface area (Å²) in [4.78, 5) is 38.9. The fourth-order valence-corrected chi connectivity index (χ4v) is 5.96. The summed E-state index contributed by atoms with van der Waals surface area (Å²) in [5, 5.41) is 11.0. The van der Waals surface area contributed by atoms with Gasteiger partial charge < -0.3 is 0 Å². The van der Waals surface area contributed by atoms with E-state index in [9.17, 15) is 19.7 Å². The van der Waals surface area contributed by atoms with E-state index in [1.54, 1.807) is 0 Å². The van der Waals surface area contributed by atoms with Crippen molar-refractivity contribution in [3.05, 3.63) is 104 Å². The number of carbonyl (C=O) groups excluding carboxylic acids is 2. The van der Waals surface area contributed by atoms with Gasteiger partial charge in [0.1, 0.15) is 5.02 Å². The van der Waals surface area contributed by atoms with Gasteiger partial charge in [-0.15, -0.1) is 0 Å². The fraction of sp³-hybridized carbons (Fsp3) is 0.167. The Bertz CT molecular complexity index is 1200. The molecule has 4 aliphatic rings. The molecular weight excluding hydrogens is 416 g/mol. The third-order valence-corrected chi connectivity index (χ3v) is 7.14. The van der Waals surface area contributed by atoms with Crippen LogP contribution in [0.2, 0.25) is 5.02 Å². The second-order valence-electron chi connectivity index (χ2n) is 8.17. The first-order chi connectivity index (χ1) is 15.0. The van der Waals surface area contributed by atoms with Crippen molar-refractivity contribution in [2.24, 2.45) is 11.8 Å². The molecule has 0 N–H and O–H groups in total. The number of carbonyl (C=O) groups is 2. The number of rotatable bonds is 2. The van der Waals surface area contributed by atoms with Gasteiger partial charge in [-0.25, -0.2) is 4.90 Å². The first-order valence-corrected chi connectivity index (χ1v) is 10.4. The second-order valence-corrected chi connectivity index (χ2v) is 8.58. The van der Waals surface area contributed by atoms with Gasteiger partial charge in [0, 0.05) is 17.9 Å². The first-order valence-electron chi connectivity index (χ1n) is 9.98. The predicted molar refractivity (Wildman–Crippen MR) is 114 cm³/mol. The smallest absolute Gasteiger partial charge is 0.274 e. The predicted octanol–water partition coefficient (Wildman–Crippen LogP) is 4.64. The largest absolute Gasteiger partial charge is 0.288 e. The minimum atomic E-state index is -0.590. The number of nitro groups is 1. The highest BCUT2D eigenvalue weighted by atomic mass is 35.5. The number of benzene rings is 3. The van der Waals surface area contributed by atoms with Crippen LogP contribution in [0.15, 0.2) is 66.7 Å². The van der Waals surface area contributed by atoms with Crippen LogP contribution < -0.4 is 4.90 Å². The third kappa shape index (κ3) is 2.28. The highest BCUT2D eigenvalue weighted by molar-refractivity contribution is 6.33. The number of anilines is 1. The van der Waals surface area contributed by atoms with Gasteiger partial charge >= 0.3 is 0 Å². The molecule has 7 rings (SSSR count). The molecule has 0 spiro atoms. The zero-order valence-corrected chi connectivity index (χ0v) is 16.8. The average molecular weight is 431 g/mol. The van der Waals surface area contributed by atoms with Gasteiger partial charge in [0.05, 0.1) is 22.4 Å². The lowest BCUT2D eigenvalue weighted by Crippen LogP contribution is -2.41. The number of hydrogen-bond donors (Lipinski definition) is 0. The van der Waals surface area contributed by atoms with Crippen LogP contribution in [-0.2, 0) is 9.59 Å². The van der Waals surface area contributed by atoms with Gasteiger partial charge in [0.25, 0.3) is 5.69 Å². The molecule has 6 nitrogen and oxygen atoms in total. The lowest BCUT2D eigenvalue weighted by Gasteiger charge is -2.45. The van der Waals surface area contributed by atoms with E-state index in [1.165, 1.54) is 23.1 Å². The summed E-state index contributed by atoms with van der Waals surface area (Å²) < 4.78 is 0. The number of halogens is 1. The average Bonchev–Trinajstić information content (AvgIpc) is 3.04. The summed E-state index contributed by atoms with van der Waals surface area (Å²) in [5.41, 5.74) is 4.39. The molecule has 2 bridgehead atoms. The Morgan fingerprint density at radius 2 is 1.23 bits per heavy atom. The van der Waals surface area contributed by atoms with E-state index in [-0.39, 0.29) is 40.0 Å². The number of amides is 2. The van der Waals surface area contributed by atoms with Crippen molar-refractivity contribution >= 4 is 34.8 Å². The van der Waals surface area contributed by atoms with E-state index in [1.807, 2.05) is 48.5 Å². The molecular formula is C24H15ClN2O4. The van der Waals surface area contributed by atoms with Crippen LogP contribution in [0.4, 0.5) is 11.4 Å². The van der Waals surface area contributed by atoms with Crippen molar-refractivity contribution in [3.63, 3.8) is 0 Å². The SMILES string of the molecule is O=C1[C@@H]2C3c4ccccc4C(c4ccccc43)[C@@H]2C(=O)N1c1ccc([N+](=O)[O-])c(Cl)c1. The molecule has 31 heavy (non-hydrogen) atoms. The molecule has 0 aromatic heterocycles. The molecule has 7 heteroatoms. The zero-order valence-electron chi connectivity index (χ0n) is 16.1. The van der Waals surface area contributed by atoms with Crippen LogP contribution in [0.1, 0.15) is 34.1 Å². The van der Waals surface area contributed by atoms with Crippen LogP contribution in [0.3, 0.4) is 0 Å². The summed E-state index contributed by atoms with van der Waals surface area (Å²) >= 11 is 6.08. The number of imide groups is 1. The van der Waals surface area contributed by atoms with Crippen LogP contribution in [0.25, 0.3) is 0 Å². The van der Waals surface area contributed by atoms with E-state index < -0.39 is 16.8 Å². The minimum absolute atomic E-state index is 0.104. The normalized spacial score (nSPS) is 25.3.